The maximum absolute atomic E-state index is 13.0. The van der Waals surface area contributed by atoms with E-state index in [2.05, 4.69) is 5.32 Å². The predicted molar refractivity (Wildman–Crippen MR) is 71.2 cm³/mol. The van der Waals surface area contributed by atoms with Crippen molar-refractivity contribution in [3.05, 3.63) is 35.9 Å². The van der Waals surface area contributed by atoms with Gasteiger partial charge in [0.2, 0.25) is 0 Å². The Labute approximate surface area is 117 Å². The number of aliphatic hydroxyl groups is 1. The molecule has 5 heteroatoms. The minimum Gasteiger partial charge on any atom is -0.394 e. The van der Waals surface area contributed by atoms with Gasteiger partial charge in [0, 0.05) is 6.04 Å². The summed E-state index contributed by atoms with van der Waals surface area (Å²) >= 11 is 0. The van der Waals surface area contributed by atoms with Crippen molar-refractivity contribution in [1.29, 1.82) is 0 Å². The van der Waals surface area contributed by atoms with Gasteiger partial charge >= 0.3 is 6.18 Å². The molecule has 1 aromatic rings. The topological polar surface area (TPSA) is 32.3 Å². The third-order valence-electron chi connectivity index (χ3n) is 3.99. The molecule has 1 aromatic carbocycles. The van der Waals surface area contributed by atoms with Gasteiger partial charge < -0.3 is 10.4 Å². The van der Waals surface area contributed by atoms with Gasteiger partial charge in [-0.05, 0) is 18.4 Å². The molecule has 2 N–H and O–H groups in total. The van der Waals surface area contributed by atoms with Crippen LogP contribution in [-0.4, -0.2) is 23.9 Å². The second-order valence-electron chi connectivity index (χ2n) is 5.35. The van der Waals surface area contributed by atoms with Gasteiger partial charge in [0.1, 0.15) is 0 Å². The highest BCUT2D eigenvalue weighted by Gasteiger charge is 2.45. The molecule has 0 aliphatic heterocycles. The van der Waals surface area contributed by atoms with Crippen molar-refractivity contribution in [3.8, 4) is 0 Å². The lowest BCUT2D eigenvalue weighted by Crippen LogP contribution is -2.47. The van der Waals surface area contributed by atoms with Crippen molar-refractivity contribution in [2.24, 2.45) is 5.92 Å². The Morgan fingerprint density at radius 1 is 1.15 bits per heavy atom. The molecule has 1 saturated carbocycles. The zero-order valence-electron chi connectivity index (χ0n) is 11.2. The summed E-state index contributed by atoms with van der Waals surface area (Å²) in [5.41, 5.74) is 0.821. The highest BCUT2D eigenvalue weighted by molar-refractivity contribution is 5.19. The van der Waals surface area contributed by atoms with Crippen LogP contribution in [0.15, 0.2) is 30.3 Å². The van der Waals surface area contributed by atoms with Gasteiger partial charge in [-0.2, -0.15) is 13.2 Å². The van der Waals surface area contributed by atoms with Crippen molar-refractivity contribution in [2.45, 2.75) is 43.9 Å². The highest BCUT2D eigenvalue weighted by atomic mass is 19.4. The van der Waals surface area contributed by atoms with Crippen LogP contribution in [0.25, 0.3) is 0 Å². The number of nitrogens with one attached hydrogen (secondary N) is 1. The van der Waals surface area contributed by atoms with Crippen molar-refractivity contribution >= 4 is 0 Å². The number of hydrogen-bond acceptors (Lipinski definition) is 2. The van der Waals surface area contributed by atoms with E-state index in [9.17, 15) is 18.3 Å². The van der Waals surface area contributed by atoms with Crippen LogP contribution in [0, 0.1) is 5.92 Å². The summed E-state index contributed by atoms with van der Waals surface area (Å²) in [5.74, 6) is -1.31. The molecule has 0 aromatic heterocycles. The monoisotopic (exact) mass is 287 g/mol. The average molecular weight is 287 g/mol. The Morgan fingerprint density at radius 3 is 2.40 bits per heavy atom. The number of alkyl halides is 3. The molecule has 3 atom stereocenters. The Bertz CT molecular complexity index is 407. The fourth-order valence-electron chi connectivity index (χ4n) is 2.92. The SMILES string of the molecule is OC[C@H](NC1CCCCC1C(F)(F)F)c1ccccc1. The van der Waals surface area contributed by atoms with E-state index in [1.807, 2.05) is 30.3 Å². The molecule has 1 aliphatic rings. The summed E-state index contributed by atoms with van der Waals surface area (Å²) in [6.45, 7) is -0.203. The van der Waals surface area contributed by atoms with E-state index in [0.29, 0.717) is 12.8 Å². The first kappa shape index (κ1) is 15.3. The van der Waals surface area contributed by atoms with E-state index in [1.54, 1.807) is 0 Å². The van der Waals surface area contributed by atoms with E-state index in [0.717, 1.165) is 12.0 Å². The maximum atomic E-state index is 13.0. The van der Waals surface area contributed by atoms with Gasteiger partial charge in [-0.15, -0.1) is 0 Å². The Balaban J connectivity index is 2.09. The number of benzene rings is 1. The van der Waals surface area contributed by atoms with Gasteiger partial charge in [-0.1, -0.05) is 43.2 Å². The number of hydrogen-bond donors (Lipinski definition) is 2. The molecular weight excluding hydrogens is 267 g/mol. The first-order valence-corrected chi connectivity index (χ1v) is 7.01. The fourth-order valence-corrected chi connectivity index (χ4v) is 2.92. The molecule has 0 spiro atoms. The predicted octanol–water partition coefficient (Wildman–Crippen LogP) is 3.43. The second kappa shape index (κ2) is 6.59. The molecule has 0 amide bonds. The van der Waals surface area contributed by atoms with E-state index in [-0.39, 0.29) is 13.0 Å². The minimum atomic E-state index is -4.17. The normalized spacial score (nSPS) is 25.4. The lowest BCUT2D eigenvalue weighted by molar-refractivity contribution is -0.189. The molecule has 0 bridgehead atoms. The lowest BCUT2D eigenvalue weighted by Gasteiger charge is -2.36. The minimum absolute atomic E-state index is 0.175. The molecule has 20 heavy (non-hydrogen) atoms. The third kappa shape index (κ3) is 3.73. The van der Waals surface area contributed by atoms with Crippen molar-refractivity contribution in [3.63, 3.8) is 0 Å². The summed E-state index contributed by atoms with van der Waals surface area (Å²) < 4.78 is 39.1. The van der Waals surface area contributed by atoms with Crippen LogP contribution in [-0.2, 0) is 0 Å². The molecule has 1 aliphatic carbocycles. The highest BCUT2D eigenvalue weighted by Crippen LogP contribution is 2.38. The number of halogens is 3. The number of rotatable bonds is 4. The number of aliphatic hydroxyl groups excluding tert-OH is 1. The van der Waals surface area contributed by atoms with E-state index in [1.165, 1.54) is 0 Å². The van der Waals surface area contributed by atoms with Crippen LogP contribution in [0.3, 0.4) is 0 Å². The van der Waals surface area contributed by atoms with E-state index in [4.69, 9.17) is 0 Å². The largest absolute Gasteiger partial charge is 0.394 e. The summed E-state index contributed by atoms with van der Waals surface area (Å²) in [6, 6.07) is 8.07. The van der Waals surface area contributed by atoms with Gasteiger partial charge in [-0.25, -0.2) is 0 Å². The molecule has 2 nitrogen and oxygen atoms in total. The fraction of sp³-hybridized carbons (Fsp3) is 0.600. The van der Waals surface area contributed by atoms with E-state index >= 15 is 0 Å². The van der Waals surface area contributed by atoms with Crippen LogP contribution >= 0.6 is 0 Å². The Kier molecular flexibility index (Phi) is 5.05. The summed E-state index contributed by atoms with van der Waals surface area (Å²) in [6.07, 6.45) is -2.06. The van der Waals surface area contributed by atoms with Gasteiger partial charge in [0.05, 0.1) is 18.6 Å². The molecule has 112 valence electrons. The van der Waals surface area contributed by atoms with Crippen molar-refractivity contribution in [2.75, 3.05) is 6.61 Å². The van der Waals surface area contributed by atoms with Crippen molar-refractivity contribution < 1.29 is 18.3 Å². The molecule has 1 fully saturated rings. The van der Waals surface area contributed by atoms with Crippen LogP contribution in [0.2, 0.25) is 0 Å². The standard InChI is InChI=1S/C15H20F3NO/c16-15(17,18)12-8-4-5-9-13(12)19-14(10-20)11-6-2-1-3-7-11/h1-3,6-7,12-14,19-20H,4-5,8-10H2/t12?,13?,14-/m0/s1. The van der Waals surface area contributed by atoms with Crippen LogP contribution in [0.4, 0.5) is 13.2 Å². The second-order valence-corrected chi connectivity index (χ2v) is 5.35. The smallest absolute Gasteiger partial charge is 0.393 e. The van der Waals surface area contributed by atoms with Gasteiger partial charge in [0.25, 0.3) is 0 Å². The third-order valence-corrected chi connectivity index (χ3v) is 3.99. The summed E-state index contributed by atoms with van der Waals surface area (Å²) in [7, 11) is 0. The molecular formula is C15H20F3NO. The first-order valence-electron chi connectivity index (χ1n) is 7.01. The molecule has 0 saturated heterocycles. The van der Waals surface area contributed by atoms with Gasteiger partial charge in [0.15, 0.2) is 0 Å². The first-order chi connectivity index (χ1) is 9.52. The zero-order chi connectivity index (χ0) is 14.6. The molecule has 0 heterocycles. The van der Waals surface area contributed by atoms with Crippen LogP contribution in [0.1, 0.15) is 37.3 Å². The van der Waals surface area contributed by atoms with Crippen molar-refractivity contribution in [1.82, 2.24) is 5.32 Å². The molecule has 0 radical (unpaired) electrons. The summed E-state index contributed by atoms with van der Waals surface area (Å²) in [5, 5.41) is 12.5. The summed E-state index contributed by atoms with van der Waals surface area (Å²) in [4.78, 5) is 0. The molecule has 2 unspecified atom stereocenters. The Hall–Kier alpha value is -1.07. The van der Waals surface area contributed by atoms with Crippen LogP contribution < -0.4 is 5.32 Å². The maximum Gasteiger partial charge on any atom is 0.393 e. The molecule has 2 rings (SSSR count). The quantitative estimate of drug-likeness (QED) is 0.889. The van der Waals surface area contributed by atoms with E-state index < -0.39 is 24.2 Å². The zero-order valence-corrected chi connectivity index (χ0v) is 11.2. The van der Waals surface area contributed by atoms with Gasteiger partial charge in [-0.3, -0.25) is 0 Å². The average Bonchev–Trinajstić information content (AvgIpc) is 2.45. The van der Waals surface area contributed by atoms with Crippen LogP contribution in [0.5, 0.6) is 0 Å². The lowest BCUT2D eigenvalue weighted by atomic mass is 9.83. The Morgan fingerprint density at radius 2 is 1.80 bits per heavy atom.